The van der Waals surface area contributed by atoms with Crippen LogP contribution in [-0.4, -0.2) is 37.9 Å². The number of phenolic OH excluding ortho intramolecular Hbond substituents is 1. The maximum atomic E-state index is 9.35. The molecule has 0 heterocycles. The van der Waals surface area contributed by atoms with Crippen LogP contribution in [0.1, 0.15) is 44.4 Å². The van der Waals surface area contributed by atoms with Crippen molar-refractivity contribution in [2.45, 2.75) is 39.7 Å². The standard InChI is InChI=1S/C23H33N3O3/c1-5-28-21-14-11-19(16-22(21)29-6-2)17(3)26-23(24-4)25-15-7-8-18-9-12-20(27)13-10-18/h9-14,16-17,27H,5-8,15H2,1-4H3,(H2,24,25,26). The third-order valence-corrected chi connectivity index (χ3v) is 4.52. The first-order valence-electron chi connectivity index (χ1n) is 10.2. The van der Waals surface area contributed by atoms with Crippen LogP contribution in [-0.2, 0) is 6.42 Å². The molecule has 0 saturated heterocycles. The number of guanidine groups is 1. The fourth-order valence-electron chi connectivity index (χ4n) is 2.98. The first-order valence-corrected chi connectivity index (χ1v) is 10.2. The van der Waals surface area contributed by atoms with E-state index >= 15 is 0 Å². The Morgan fingerprint density at radius 2 is 1.72 bits per heavy atom. The number of aryl methyl sites for hydroxylation is 1. The monoisotopic (exact) mass is 399 g/mol. The van der Waals surface area contributed by atoms with Gasteiger partial charge in [0.05, 0.1) is 19.3 Å². The number of phenols is 1. The Bertz CT molecular complexity index is 775. The fraction of sp³-hybridized carbons (Fsp3) is 0.435. The molecule has 6 nitrogen and oxygen atoms in total. The van der Waals surface area contributed by atoms with E-state index < -0.39 is 0 Å². The summed E-state index contributed by atoms with van der Waals surface area (Å²) in [6, 6.07) is 13.4. The molecule has 3 N–H and O–H groups in total. The number of aromatic hydroxyl groups is 1. The number of aliphatic imine (C=N–C) groups is 1. The Morgan fingerprint density at radius 3 is 2.38 bits per heavy atom. The molecule has 0 aliphatic carbocycles. The zero-order chi connectivity index (χ0) is 21.1. The quantitative estimate of drug-likeness (QED) is 0.319. The summed E-state index contributed by atoms with van der Waals surface area (Å²) in [6.45, 7) is 8.03. The fourth-order valence-corrected chi connectivity index (χ4v) is 2.98. The van der Waals surface area contributed by atoms with Crippen LogP contribution >= 0.6 is 0 Å². The third-order valence-electron chi connectivity index (χ3n) is 4.52. The summed E-state index contributed by atoms with van der Waals surface area (Å²) in [6.07, 6.45) is 1.91. The molecule has 0 spiro atoms. The van der Waals surface area contributed by atoms with Crippen molar-refractivity contribution in [3.8, 4) is 17.2 Å². The van der Waals surface area contributed by atoms with Gasteiger partial charge in [0.15, 0.2) is 17.5 Å². The lowest BCUT2D eigenvalue weighted by molar-refractivity contribution is 0.287. The Kier molecular flexibility index (Phi) is 9.15. The highest BCUT2D eigenvalue weighted by molar-refractivity contribution is 5.80. The summed E-state index contributed by atoms with van der Waals surface area (Å²) in [7, 11) is 1.77. The molecule has 29 heavy (non-hydrogen) atoms. The van der Waals surface area contributed by atoms with Gasteiger partial charge in [0.25, 0.3) is 0 Å². The predicted octanol–water partition coefficient (Wildman–Crippen LogP) is 4.05. The second-order valence-electron chi connectivity index (χ2n) is 6.71. The van der Waals surface area contributed by atoms with E-state index in [1.807, 2.05) is 44.2 Å². The van der Waals surface area contributed by atoms with E-state index in [-0.39, 0.29) is 6.04 Å². The lowest BCUT2D eigenvalue weighted by atomic mass is 10.1. The number of nitrogens with zero attached hydrogens (tertiary/aromatic N) is 1. The Balaban J connectivity index is 1.87. The van der Waals surface area contributed by atoms with Crippen LogP contribution in [0.5, 0.6) is 17.2 Å². The van der Waals surface area contributed by atoms with E-state index in [4.69, 9.17) is 9.47 Å². The topological polar surface area (TPSA) is 75.1 Å². The van der Waals surface area contributed by atoms with Gasteiger partial charge in [0.2, 0.25) is 0 Å². The molecule has 0 saturated carbocycles. The van der Waals surface area contributed by atoms with Crippen LogP contribution in [0.3, 0.4) is 0 Å². The predicted molar refractivity (Wildman–Crippen MR) is 118 cm³/mol. The number of hydrogen-bond acceptors (Lipinski definition) is 4. The van der Waals surface area contributed by atoms with E-state index in [2.05, 4.69) is 22.5 Å². The van der Waals surface area contributed by atoms with Gasteiger partial charge < -0.3 is 25.2 Å². The highest BCUT2D eigenvalue weighted by Crippen LogP contribution is 2.30. The van der Waals surface area contributed by atoms with Crippen molar-refractivity contribution in [3.05, 3.63) is 53.6 Å². The van der Waals surface area contributed by atoms with E-state index in [1.165, 1.54) is 5.56 Å². The van der Waals surface area contributed by atoms with Gasteiger partial charge in [-0.1, -0.05) is 18.2 Å². The van der Waals surface area contributed by atoms with Crippen molar-refractivity contribution in [3.63, 3.8) is 0 Å². The lowest BCUT2D eigenvalue weighted by Gasteiger charge is -2.20. The molecule has 1 unspecified atom stereocenters. The molecule has 2 aromatic carbocycles. The number of hydrogen-bond donors (Lipinski definition) is 3. The molecule has 1 atom stereocenters. The van der Waals surface area contributed by atoms with Crippen LogP contribution in [0, 0.1) is 0 Å². The zero-order valence-electron chi connectivity index (χ0n) is 17.9. The summed E-state index contributed by atoms with van der Waals surface area (Å²) in [5.41, 5.74) is 2.31. The second kappa shape index (κ2) is 11.8. The van der Waals surface area contributed by atoms with E-state index in [0.717, 1.165) is 42.4 Å². The first-order chi connectivity index (χ1) is 14.1. The van der Waals surface area contributed by atoms with Crippen molar-refractivity contribution in [1.82, 2.24) is 10.6 Å². The number of benzene rings is 2. The number of ether oxygens (including phenoxy) is 2. The summed E-state index contributed by atoms with van der Waals surface area (Å²) in [5, 5.41) is 16.1. The highest BCUT2D eigenvalue weighted by Gasteiger charge is 2.12. The van der Waals surface area contributed by atoms with E-state index in [9.17, 15) is 5.11 Å². The van der Waals surface area contributed by atoms with Gasteiger partial charge in [-0.05, 0) is 69.0 Å². The molecule has 158 valence electrons. The third kappa shape index (κ3) is 7.22. The van der Waals surface area contributed by atoms with Gasteiger partial charge in [-0.2, -0.15) is 0 Å². The lowest BCUT2D eigenvalue weighted by Crippen LogP contribution is -2.39. The molecule has 0 bridgehead atoms. The van der Waals surface area contributed by atoms with E-state index in [1.54, 1.807) is 19.2 Å². The second-order valence-corrected chi connectivity index (χ2v) is 6.71. The molecule has 0 amide bonds. The van der Waals surface area contributed by atoms with Gasteiger partial charge in [-0.25, -0.2) is 0 Å². The molecule has 0 fully saturated rings. The van der Waals surface area contributed by atoms with Crippen LogP contribution < -0.4 is 20.1 Å². The summed E-state index contributed by atoms with van der Waals surface area (Å²) < 4.78 is 11.4. The highest BCUT2D eigenvalue weighted by atomic mass is 16.5. The number of rotatable bonds is 10. The Labute approximate surface area is 174 Å². The maximum absolute atomic E-state index is 9.35. The number of nitrogens with one attached hydrogen (secondary N) is 2. The smallest absolute Gasteiger partial charge is 0.191 e. The molecular weight excluding hydrogens is 366 g/mol. The SMILES string of the molecule is CCOc1ccc(C(C)NC(=NC)NCCCc2ccc(O)cc2)cc1OCC. The van der Waals surface area contributed by atoms with Crippen molar-refractivity contribution >= 4 is 5.96 Å². The average Bonchev–Trinajstić information content (AvgIpc) is 2.73. The Morgan fingerprint density at radius 1 is 1.03 bits per heavy atom. The van der Waals surface area contributed by atoms with Crippen molar-refractivity contribution in [2.24, 2.45) is 4.99 Å². The molecule has 2 rings (SSSR count). The molecule has 0 aliphatic rings. The maximum Gasteiger partial charge on any atom is 0.191 e. The summed E-state index contributed by atoms with van der Waals surface area (Å²) in [4.78, 5) is 4.32. The van der Waals surface area contributed by atoms with E-state index in [0.29, 0.717) is 19.0 Å². The molecule has 6 heteroatoms. The van der Waals surface area contributed by atoms with Gasteiger partial charge in [0, 0.05) is 13.6 Å². The van der Waals surface area contributed by atoms with Gasteiger partial charge in [-0.15, -0.1) is 0 Å². The first kappa shape index (κ1) is 22.4. The molecule has 2 aromatic rings. The largest absolute Gasteiger partial charge is 0.508 e. The van der Waals surface area contributed by atoms with Crippen molar-refractivity contribution < 1.29 is 14.6 Å². The molecular formula is C23H33N3O3. The van der Waals surface area contributed by atoms with Crippen LogP contribution in [0.25, 0.3) is 0 Å². The van der Waals surface area contributed by atoms with Gasteiger partial charge >= 0.3 is 0 Å². The van der Waals surface area contributed by atoms with Crippen molar-refractivity contribution in [2.75, 3.05) is 26.8 Å². The zero-order valence-corrected chi connectivity index (χ0v) is 17.9. The minimum atomic E-state index is 0.0631. The van der Waals surface area contributed by atoms with Crippen molar-refractivity contribution in [1.29, 1.82) is 0 Å². The van der Waals surface area contributed by atoms with Gasteiger partial charge in [-0.3, -0.25) is 4.99 Å². The molecule has 0 radical (unpaired) electrons. The van der Waals surface area contributed by atoms with Crippen LogP contribution in [0.2, 0.25) is 0 Å². The minimum absolute atomic E-state index is 0.0631. The van der Waals surface area contributed by atoms with Crippen LogP contribution in [0.4, 0.5) is 0 Å². The Hall–Kier alpha value is -2.89. The summed E-state index contributed by atoms with van der Waals surface area (Å²) in [5.74, 6) is 2.58. The minimum Gasteiger partial charge on any atom is -0.508 e. The van der Waals surface area contributed by atoms with Gasteiger partial charge in [0.1, 0.15) is 5.75 Å². The molecule has 0 aliphatic heterocycles. The normalized spacial score (nSPS) is 12.3. The van der Waals surface area contributed by atoms with Crippen LogP contribution in [0.15, 0.2) is 47.5 Å². The molecule has 0 aromatic heterocycles. The summed E-state index contributed by atoms with van der Waals surface area (Å²) >= 11 is 0. The average molecular weight is 400 g/mol.